The third-order valence-corrected chi connectivity index (χ3v) is 1.20. The van der Waals surface area contributed by atoms with Crippen LogP contribution in [-0.4, -0.2) is 0 Å². The summed E-state index contributed by atoms with van der Waals surface area (Å²) in [5.41, 5.74) is 1.30. The number of benzene rings is 1. The van der Waals surface area contributed by atoms with Gasteiger partial charge in [0.05, 0.1) is 1.37 Å². The molecule has 0 aliphatic heterocycles. The molecule has 0 atom stereocenters. The van der Waals surface area contributed by atoms with Crippen molar-refractivity contribution >= 4 is 0 Å². The van der Waals surface area contributed by atoms with Gasteiger partial charge in [-0.1, -0.05) is 37.2 Å². The van der Waals surface area contributed by atoms with E-state index in [0.29, 0.717) is 6.04 Å². The Balaban J connectivity index is 2.88. The van der Waals surface area contributed by atoms with Crippen molar-refractivity contribution < 1.29 is 1.37 Å². The fourth-order valence-electron chi connectivity index (χ4n) is 0.657. The van der Waals surface area contributed by atoms with Crippen molar-refractivity contribution in [3.63, 3.8) is 0 Å². The highest BCUT2D eigenvalue weighted by Crippen LogP contribution is 1.96. The van der Waals surface area contributed by atoms with E-state index in [9.17, 15) is 0 Å². The normalized spacial score (nSPS) is 10.9. The van der Waals surface area contributed by atoms with Gasteiger partial charge in [0.15, 0.2) is 0 Å². The van der Waals surface area contributed by atoms with Crippen molar-refractivity contribution in [1.82, 2.24) is 0 Å². The lowest BCUT2D eigenvalue weighted by Crippen LogP contribution is -1.73. The Bertz CT molecular complexity index is 176. The number of hydrogen-bond donors (Lipinski definition) is 0. The number of aryl methyl sites for hydroxylation is 1. The van der Waals surface area contributed by atoms with Crippen LogP contribution in [0.1, 0.15) is 13.9 Å². The van der Waals surface area contributed by atoms with Crippen molar-refractivity contribution in [3.8, 4) is 0 Å². The van der Waals surface area contributed by atoms with Crippen LogP contribution in [0, 0.1) is 0 Å². The first-order valence-corrected chi connectivity index (χ1v) is 2.88. The van der Waals surface area contributed by atoms with Crippen LogP contribution in [0.2, 0.25) is 0 Å². The highest BCUT2D eigenvalue weighted by molar-refractivity contribution is 5.13. The lowest BCUT2D eigenvalue weighted by atomic mass is 10.2. The lowest BCUT2D eigenvalue weighted by Gasteiger charge is -1.89. The molecular formula is C8H10. The molecule has 42 valence electrons. The molecular weight excluding hydrogens is 96.1 g/mol. The molecule has 0 aliphatic carbocycles. The average molecular weight is 108 g/mol. The van der Waals surface area contributed by atoms with Crippen molar-refractivity contribution in [2.45, 2.75) is 13.3 Å². The molecule has 0 saturated heterocycles. The molecule has 0 unspecified atom stereocenters. The summed E-state index contributed by atoms with van der Waals surface area (Å²) in [5, 5.41) is 0. The first kappa shape index (κ1) is 4.13. The van der Waals surface area contributed by atoms with E-state index in [4.69, 9.17) is 1.37 Å². The second-order valence-corrected chi connectivity index (χ2v) is 1.76. The standard InChI is InChI=1S/C8H10/c1-2-8-6-4-3-5-7-8/h3-7H,2H2,1H3/i3T. The lowest BCUT2D eigenvalue weighted by molar-refractivity contribution is 1.14. The van der Waals surface area contributed by atoms with E-state index in [2.05, 4.69) is 6.92 Å². The van der Waals surface area contributed by atoms with Crippen LogP contribution in [0.5, 0.6) is 0 Å². The Kier molecular flexibility index (Phi) is 1.30. The van der Waals surface area contributed by atoms with Crippen LogP contribution in [0.25, 0.3) is 0 Å². The van der Waals surface area contributed by atoms with Crippen molar-refractivity contribution in [3.05, 3.63) is 35.9 Å². The molecule has 1 aromatic rings. The van der Waals surface area contributed by atoms with Gasteiger partial charge in [0.1, 0.15) is 0 Å². The van der Waals surface area contributed by atoms with E-state index in [1.54, 1.807) is 0 Å². The van der Waals surface area contributed by atoms with Gasteiger partial charge in [-0.3, -0.25) is 0 Å². The monoisotopic (exact) mass is 108 g/mol. The van der Waals surface area contributed by atoms with Gasteiger partial charge in [-0.05, 0) is 12.0 Å². The molecule has 1 aromatic carbocycles. The summed E-state index contributed by atoms with van der Waals surface area (Å²) in [6.45, 7) is 2.11. The Morgan fingerprint density at radius 3 is 2.62 bits per heavy atom. The molecule has 0 heteroatoms. The molecule has 0 amide bonds. The van der Waals surface area contributed by atoms with E-state index in [-0.39, 0.29) is 0 Å². The maximum Gasteiger partial charge on any atom is 0.0623 e. The van der Waals surface area contributed by atoms with E-state index in [1.807, 2.05) is 24.3 Å². The van der Waals surface area contributed by atoms with Crippen LogP contribution in [0.15, 0.2) is 30.3 Å². The molecule has 0 fully saturated rings. The SMILES string of the molecule is [3H]c1ccc(CC)cc1. The fourth-order valence-corrected chi connectivity index (χ4v) is 0.657. The fraction of sp³-hybridized carbons (Fsp3) is 0.250. The maximum atomic E-state index is 7.17. The largest absolute Gasteiger partial charge is 0.0623 e. The molecule has 1 rings (SSSR count). The van der Waals surface area contributed by atoms with Crippen LogP contribution >= 0.6 is 0 Å². The second-order valence-electron chi connectivity index (χ2n) is 1.76. The minimum Gasteiger partial charge on any atom is -0.0622 e. The molecule has 0 radical (unpaired) electrons. The summed E-state index contributed by atoms with van der Waals surface area (Å²) in [4.78, 5) is 0. The Morgan fingerprint density at radius 1 is 1.50 bits per heavy atom. The highest BCUT2D eigenvalue weighted by Gasteiger charge is 1.79. The number of rotatable bonds is 1. The summed E-state index contributed by atoms with van der Waals surface area (Å²) in [6, 6.07) is 8.20. The number of hydrogen-bond acceptors (Lipinski definition) is 0. The minimum absolute atomic E-state index is 0.590. The third-order valence-electron chi connectivity index (χ3n) is 1.20. The third kappa shape index (κ3) is 1.09. The molecule has 0 nitrogen and oxygen atoms in total. The first-order chi connectivity index (χ1) is 4.33. The van der Waals surface area contributed by atoms with Crippen LogP contribution in [0.3, 0.4) is 0 Å². The second kappa shape index (κ2) is 2.51. The predicted octanol–water partition coefficient (Wildman–Crippen LogP) is 2.25. The van der Waals surface area contributed by atoms with Crippen LogP contribution < -0.4 is 0 Å². The average Bonchev–Trinajstić information content (AvgIpc) is 1.90. The zero-order chi connectivity index (χ0) is 6.69. The molecule has 0 aliphatic rings. The van der Waals surface area contributed by atoms with Gasteiger partial charge in [-0.25, -0.2) is 0 Å². The van der Waals surface area contributed by atoms with Gasteiger partial charge in [0.2, 0.25) is 0 Å². The van der Waals surface area contributed by atoms with Gasteiger partial charge in [0, 0.05) is 0 Å². The van der Waals surface area contributed by atoms with E-state index >= 15 is 0 Å². The summed E-state index contributed by atoms with van der Waals surface area (Å²) in [7, 11) is 0. The zero-order valence-corrected chi connectivity index (χ0v) is 5.02. The zero-order valence-electron chi connectivity index (χ0n) is 6.02. The molecule has 8 heavy (non-hydrogen) atoms. The van der Waals surface area contributed by atoms with Gasteiger partial charge in [-0.2, -0.15) is 0 Å². The predicted molar refractivity (Wildman–Crippen MR) is 35.8 cm³/mol. The van der Waals surface area contributed by atoms with E-state index < -0.39 is 0 Å². The molecule has 0 spiro atoms. The van der Waals surface area contributed by atoms with E-state index in [1.165, 1.54) is 5.56 Å². The molecule has 0 N–H and O–H groups in total. The topological polar surface area (TPSA) is 0 Å². The summed E-state index contributed by atoms with van der Waals surface area (Å²) in [6.07, 6.45) is 1.06. The van der Waals surface area contributed by atoms with E-state index in [0.717, 1.165) is 6.42 Å². The van der Waals surface area contributed by atoms with Crippen molar-refractivity contribution in [2.75, 3.05) is 0 Å². The Labute approximate surface area is 51.6 Å². The smallest absolute Gasteiger partial charge is 0.0622 e. The van der Waals surface area contributed by atoms with Crippen LogP contribution in [-0.2, 0) is 6.42 Å². The molecule has 0 bridgehead atoms. The highest BCUT2D eigenvalue weighted by atomic mass is 13.9. The van der Waals surface area contributed by atoms with Gasteiger partial charge < -0.3 is 0 Å². The first-order valence-electron chi connectivity index (χ1n) is 3.38. The van der Waals surface area contributed by atoms with Gasteiger partial charge >= 0.3 is 0 Å². The quantitative estimate of drug-likeness (QED) is 0.517. The maximum absolute atomic E-state index is 7.17. The van der Waals surface area contributed by atoms with Gasteiger partial charge in [-0.15, -0.1) is 0 Å². The minimum atomic E-state index is 0.590. The van der Waals surface area contributed by atoms with Gasteiger partial charge in [0.25, 0.3) is 0 Å². The summed E-state index contributed by atoms with van der Waals surface area (Å²) >= 11 is 0. The summed E-state index contributed by atoms with van der Waals surface area (Å²) < 4.78 is 7.17. The van der Waals surface area contributed by atoms with Crippen LogP contribution in [0.4, 0.5) is 0 Å². The molecule has 0 heterocycles. The Morgan fingerprint density at radius 2 is 2.12 bits per heavy atom. The van der Waals surface area contributed by atoms with Crippen molar-refractivity contribution in [2.24, 2.45) is 0 Å². The molecule has 0 saturated carbocycles. The summed E-state index contributed by atoms with van der Waals surface area (Å²) in [5.74, 6) is 0. The Hall–Kier alpha value is -0.780. The molecule has 0 aromatic heterocycles. The van der Waals surface area contributed by atoms with Crippen molar-refractivity contribution in [1.29, 1.82) is 0 Å².